The molecule has 0 atom stereocenters. The van der Waals surface area contributed by atoms with Gasteiger partial charge in [-0.05, 0) is 29.8 Å². The van der Waals surface area contributed by atoms with Crippen LogP contribution in [0.2, 0.25) is 10.0 Å². The van der Waals surface area contributed by atoms with E-state index >= 15 is 0 Å². The maximum Gasteiger partial charge on any atom is 0.213 e. The average Bonchev–Trinajstić information content (AvgIpc) is 2.99. The van der Waals surface area contributed by atoms with Crippen molar-refractivity contribution in [3.63, 3.8) is 0 Å². The van der Waals surface area contributed by atoms with E-state index in [1.54, 1.807) is 18.3 Å². The molecule has 0 aliphatic rings. The summed E-state index contributed by atoms with van der Waals surface area (Å²) in [5, 5.41) is 1.22. The van der Waals surface area contributed by atoms with Crippen molar-refractivity contribution in [3.05, 3.63) is 75.9 Å². The van der Waals surface area contributed by atoms with E-state index in [-0.39, 0.29) is 0 Å². The van der Waals surface area contributed by atoms with Gasteiger partial charge >= 0.3 is 0 Å². The van der Waals surface area contributed by atoms with E-state index in [0.29, 0.717) is 35.6 Å². The molecule has 0 fully saturated rings. The number of pyridine rings is 1. The molecular formula is C17H16Cl2N4O. The first-order chi connectivity index (χ1) is 11.6. The van der Waals surface area contributed by atoms with Crippen LogP contribution in [0.25, 0.3) is 0 Å². The normalized spacial score (nSPS) is 10.8. The van der Waals surface area contributed by atoms with Crippen molar-refractivity contribution in [1.29, 1.82) is 0 Å². The molecule has 3 rings (SSSR count). The highest BCUT2D eigenvalue weighted by Gasteiger charge is 2.07. The summed E-state index contributed by atoms with van der Waals surface area (Å²) >= 11 is 12.1. The molecule has 24 heavy (non-hydrogen) atoms. The first-order valence-corrected chi connectivity index (χ1v) is 8.13. The summed E-state index contributed by atoms with van der Waals surface area (Å²) in [6.07, 6.45) is 3.62. The van der Waals surface area contributed by atoms with Crippen molar-refractivity contribution < 1.29 is 4.74 Å². The lowest BCUT2D eigenvalue weighted by Gasteiger charge is -2.10. The summed E-state index contributed by atoms with van der Waals surface area (Å²) in [6, 6.07) is 11.0. The van der Waals surface area contributed by atoms with Crippen LogP contribution in [0.4, 0.5) is 0 Å². The number of nitrogens with two attached hydrogens (primary N) is 1. The molecule has 5 nitrogen and oxygen atoms in total. The highest BCUT2D eigenvalue weighted by atomic mass is 35.5. The van der Waals surface area contributed by atoms with E-state index in [0.717, 1.165) is 17.1 Å². The first-order valence-electron chi connectivity index (χ1n) is 7.38. The van der Waals surface area contributed by atoms with Crippen LogP contribution in [0, 0.1) is 0 Å². The fourth-order valence-corrected chi connectivity index (χ4v) is 2.88. The molecule has 0 unspecified atom stereocenters. The standard InChI is InChI=1S/C17H16Cl2N4O/c18-13-6-12(7-14(19)8-13)10-23-5-4-21-16(23)11-24-17-3-1-2-15(9-20)22-17/h1-8H,9-11,20H2. The number of imidazole rings is 1. The van der Waals surface area contributed by atoms with Gasteiger partial charge in [0.15, 0.2) is 0 Å². The Morgan fingerprint density at radius 3 is 2.67 bits per heavy atom. The number of ether oxygens (including phenoxy) is 1. The van der Waals surface area contributed by atoms with Crippen LogP contribution in [0.3, 0.4) is 0 Å². The Morgan fingerprint density at radius 2 is 1.92 bits per heavy atom. The van der Waals surface area contributed by atoms with Crippen LogP contribution >= 0.6 is 23.2 Å². The molecule has 2 heterocycles. The third-order valence-corrected chi connectivity index (χ3v) is 3.85. The Labute approximate surface area is 150 Å². The zero-order valence-electron chi connectivity index (χ0n) is 12.8. The molecule has 3 aromatic rings. The second-order valence-corrected chi connectivity index (χ2v) is 6.08. The van der Waals surface area contributed by atoms with Crippen LogP contribution < -0.4 is 10.5 Å². The number of hydrogen-bond acceptors (Lipinski definition) is 4. The summed E-state index contributed by atoms with van der Waals surface area (Å²) in [5.74, 6) is 1.31. The Bertz CT molecular complexity index is 815. The molecule has 0 saturated heterocycles. The SMILES string of the molecule is NCc1cccc(OCc2nccn2Cc2cc(Cl)cc(Cl)c2)n1. The third kappa shape index (κ3) is 4.26. The largest absolute Gasteiger partial charge is 0.469 e. The third-order valence-electron chi connectivity index (χ3n) is 3.42. The Kier molecular flexibility index (Phi) is 5.35. The van der Waals surface area contributed by atoms with Crippen molar-refractivity contribution >= 4 is 23.2 Å². The fraction of sp³-hybridized carbons (Fsp3) is 0.176. The summed E-state index contributed by atoms with van der Waals surface area (Å²) in [6.45, 7) is 1.29. The van der Waals surface area contributed by atoms with Gasteiger partial charge in [-0.3, -0.25) is 0 Å². The lowest BCUT2D eigenvalue weighted by molar-refractivity contribution is 0.278. The summed E-state index contributed by atoms with van der Waals surface area (Å²) in [4.78, 5) is 8.64. The van der Waals surface area contributed by atoms with Gasteiger partial charge in [0.1, 0.15) is 12.4 Å². The molecule has 0 bridgehead atoms. The molecule has 7 heteroatoms. The summed E-state index contributed by atoms with van der Waals surface area (Å²) < 4.78 is 7.70. The molecule has 0 saturated carbocycles. The number of halogens is 2. The summed E-state index contributed by atoms with van der Waals surface area (Å²) in [7, 11) is 0. The van der Waals surface area contributed by atoms with Crippen molar-refractivity contribution in [1.82, 2.24) is 14.5 Å². The second-order valence-electron chi connectivity index (χ2n) is 5.21. The molecule has 0 amide bonds. The summed E-state index contributed by atoms with van der Waals surface area (Å²) in [5.41, 5.74) is 7.37. The Hall–Kier alpha value is -2.08. The quantitative estimate of drug-likeness (QED) is 0.726. The van der Waals surface area contributed by atoms with Gasteiger partial charge in [-0.15, -0.1) is 0 Å². The van der Waals surface area contributed by atoms with Gasteiger partial charge in [-0.25, -0.2) is 9.97 Å². The van der Waals surface area contributed by atoms with Crippen molar-refractivity contribution in [2.45, 2.75) is 19.7 Å². The van der Waals surface area contributed by atoms with Crippen LogP contribution in [0.1, 0.15) is 17.1 Å². The van der Waals surface area contributed by atoms with Gasteiger partial charge in [-0.2, -0.15) is 0 Å². The number of hydrogen-bond donors (Lipinski definition) is 1. The van der Waals surface area contributed by atoms with Crippen LogP contribution in [-0.4, -0.2) is 14.5 Å². The number of nitrogens with zero attached hydrogens (tertiary/aromatic N) is 3. The van der Waals surface area contributed by atoms with Gasteiger partial charge in [0.2, 0.25) is 5.88 Å². The van der Waals surface area contributed by atoms with Gasteiger partial charge in [0, 0.05) is 41.6 Å². The molecule has 1 aromatic carbocycles. The van der Waals surface area contributed by atoms with E-state index in [2.05, 4.69) is 9.97 Å². The smallest absolute Gasteiger partial charge is 0.213 e. The lowest BCUT2D eigenvalue weighted by atomic mass is 10.2. The van der Waals surface area contributed by atoms with Crippen LogP contribution in [0.15, 0.2) is 48.8 Å². The Balaban J connectivity index is 1.70. The van der Waals surface area contributed by atoms with Crippen molar-refractivity contribution in [2.75, 3.05) is 0 Å². The molecule has 2 aromatic heterocycles. The molecule has 0 aliphatic carbocycles. The monoisotopic (exact) mass is 362 g/mol. The van der Waals surface area contributed by atoms with Crippen LogP contribution in [-0.2, 0) is 19.7 Å². The Morgan fingerprint density at radius 1 is 1.12 bits per heavy atom. The molecular weight excluding hydrogens is 347 g/mol. The minimum Gasteiger partial charge on any atom is -0.469 e. The van der Waals surface area contributed by atoms with Gasteiger partial charge in [-0.1, -0.05) is 29.3 Å². The minimum absolute atomic E-state index is 0.308. The zero-order chi connectivity index (χ0) is 16.9. The predicted octanol–water partition coefficient (Wildman–Crippen LogP) is 3.67. The average molecular weight is 363 g/mol. The van der Waals surface area contributed by atoms with E-state index in [1.165, 1.54) is 0 Å². The highest BCUT2D eigenvalue weighted by molar-refractivity contribution is 6.34. The molecule has 0 radical (unpaired) electrons. The zero-order valence-corrected chi connectivity index (χ0v) is 14.3. The molecule has 0 spiro atoms. The minimum atomic E-state index is 0.308. The van der Waals surface area contributed by atoms with E-state index in [4.69, 9.17) is 33.7 Å². The predicted molar refractivity (Wildman–Crippen MR) is 94.3 cm³/mol. The van der Waals surface area contributed by atoms with Crippen molar-refractivity contribution in [3.8, 4) is 5.88 Å². The topological polar surface area (TPSA) is 66.0 Å². The van der Waals surface area contributed by atoms with Gasteiger partial charge < -0.3 is 15.0 Å². The fourth-order valence-electron chi connectivity index (χ4n) is 2.31. The highest BCUT2D eigenvalue weighted by Crippen LogP contribution is 2.20. The number of rotatable bonds is 6. The van der Waals surface area contributed by atoms with E-state index < -0.39 is 0 Å². The first kappa shape index (κ1) is 16.8. The van der Waals surface area contributed by atoms with E-state index in [1.807, 2.05) is 35.0 Å². The molecule has 2 N–H and O–H groups in total. The van der Waals surface area contributed by atoms with Gasteiger partial charge in [0.25, 0.3) is 0 Å². The van der Waals surface area contributed by atoms with Crippen molar-refractivity contribution in [2.24, 2.45) is 5.73 Å². The lowest BCUT2D eigenvalue weighted by Crippen LogP contribution is -2.09. The number of aromatic nitrogens is 3. The maximum absolute atomic E-state index is 6.05. The van der Waals surface area contributed by atoms with E-state index in [9.17, 15) is 0 Å². The molecule has 124 valence electrons. The maximum atomic E-state index is 6.05. The second kappa shape index (κ2) is 7.66. The number of benzene rings is 1. The van der Waals surface area contributed by atoms with Gasteiger partial charge in [0.05, 0.1) is 5.69 Å². The molecule has 0 aliphatic heterocycles. The van der Waals surface area contributed by atoms with Crippen LogP contribution in [0.5, 0.6) is 5.88 Å².